The average Bonchev–Trinajstić information content (AvgIpc) is 3.04. The van der Waals surface area contributed by atoms with Crippen LogP contribution in [0.1, 0.15) is 44.9 Å². The molecule has 0 radical (unpaired) electrons. The average molecular weight is 253 g/mol. The molecule has 2 fully saturated rings. The van der Waals surface area contributed by atoms with E-state index in [2.05, 4.69) is 22.2 Å². The SMILES string of the molecule is CN(CCCNC1CCCC1)CCN1CCCC1. The normalized spacial score (nSPS) is 22.3. The van der Waals surface area contributed by atoms with Crippen LogP contribution in [0.4, 0.5) is 0 Å². The summed E-state index contributed by atoms with van der Waals surface area (Å²) in [5, 5.41) is 3.70. The van der Waals surface area contributed by atoms with E-state index in [9.17, 15) is 0 Å². The first-order valence-electron chi connectivity index (χ1n) is 7.99. The van der Waals surface area contributed by atoms with E-state index in [1.807, 2.05) is 0 Å². The summed E-state index contributed by atoms with van der Waals surface area (Å²) in [6, 6.07) is 0.833. The van der Waals surface area contributed by atoms with Crippen LogP contribution in [0, 0.1) is 0 Å². The summed E-state index contributed by atoms with van der Waals surface area (Å²) in [5.74, 6) is 0. The van der Waals surface area contributed by atoms with E-state index in [0.29, 0.717) is 0 Å². The number of hydrogen-bond acceptors (Lipinski definition) is 3. The molecule has 2 rings (SSSR count). The maximum absolute atomic E-state index is 3.70. The molecule has 0 aromatic heterocycles. The standard InChI is InChI=1S/C15H31N3/c1-17(13-14-18-11-4-5-12-18)10-6-9-16-15-7-2-3-8-15/h15-16H,2-14H2,1H3. The molecular weight excluding hydrogens is 222 g/mol. The molecule has 106 valence electrons. The number of nitrogens with one attached hydrogen (secondary N) is 1. The Morgan fingerprint density at radius 3 is 2.50 bits per heavy atom. The molecule has 3 heteroatoms. The van der Waals surface area contributed by atoms with Gasteiger partial charge in [-0.25, -0.2) is 0 Å². The van der Waals surface area contributed by atoms with E-state index in [0.717, 1.165) is 6.04 Å². The van der Waals surface area contributed by atoms with Crippen LogP contribution < -0.4 is 5.32 Å². The predicted octanol–water partition coefficient (Wildman–Crippen LogP) is 1.94. The van der Waals surface area contributed by atoms with Crippen LogP contribution >= 0.6 is 0 Å². The topological polar surface area (TPSA) is 18.5 Å². The number of hydrogen-bond donors (Lipinski definition) is 1. The van der Waals surface area contributed by atoms with E-state index in [1.165, 1.54) is 84.2 Å². The molecular formula is C15H31N3. The summed E-state index contributed by atoms with van der Waals surface area (Å²) < 4.78 is 0. The van der Waals surface area contributed by atoms with Crippen molar-refractivity contribution in [3.8, 4) is 0 Å². The first kappa shape index (κ1) is 14.3. The van der Waals surface area contributed by atoms with Gasteiger partial charge in [0.05, 0.1) is 0 Å². The highest BCUT2D eigenvalue weighted by Crippen LogP contribution is 2.17. The van der Waals surface area contributed by atoms with Crippen LogP contribution in [0.5, 0.6) is 0 Å². The monoisotopic (exact) mass is 253 g/mol. The van der Waals surface area contributed by atoms with E-state index in [1.54, 1.807) is 0 Å². The van der Waals surface area contributed by atoms with Gasteiger partial charge in [0.2, 0.25) is 0 Å². The molecule has 0 aromatic carbocycles. The Balaban J connectivity index is 1.42. The molecule has 1 saturated carbocycles. The fourth-order valence-electron chi connectivity index (χ4n) is 3.22. The van der Waals surface area contributed by atoms with Crippen LogP contribution in [-0.2, 0) is 0 Å². The van der Waals surface area contributed by atoms with Gasteiger partial charge in [-0.15, -0.1) is 0 Å². The fourth-order valence-corrected chi connectivity index (χ4v) is 3.22. The van der Waals surface area contributed by atoms with Crippen LogP contribution in [0.2, 0.25) is 0 Å². The van der Waals surface area contributed by atoms with Gasteiger partial charge in [0.25, 0.3) is 0 Å². The van der Waals surface area contributed by atoms with Crippen LogP contribution in [0.3, 0.4) is 0 Å². The molecule has 1 aliphatic heterocycles. The van der Waals surface area contributed by atoms with Gasteiger partial charge in [-0.1, -0.05) is 12.8 Å². The maximum Gasteiger partial charge on any atom is 0.0109 e. The van der Waals surface area contributed by atoms with Gasteiger partial charge in [-0.05, 0) is 65.3 Å². The lowest BCUT2D eigenvalue weighted by Crippen LogP contribution is -2.34. The first-order chi connectivity index (χ1) is 8.84. The minimum atomic E-state index is 0.833. The van der Waals surface area contributed by atoms with Crippen LogP contribution in [0.25, 0.3) is 0 Å². The summed E-state index contributed by atoms with van der Waals surface area (Å²) in [6.07, 6.45) is 9.81. The van der Waals surface area contributed by atoms with Gasteiger partial charge < -0.3 is 15.1 Å². The lowest BCUT2D eigenvalue weighted by Gasteiger charge is -2.21. The summed E-state index contributed by atoms with van der Waals surface area (Å²) >= 11 is 0. The van der Waals surface area contributed by atoms with Crippen molar-refractivity contribution in [3.63, 3.8) is 0 Å². The van der Waals surface area contributed by atoms with E-state index in [4.69, 9.17) is 0 Å². The molecule has 1 heterocycles. The highest BCUT2D eigenvalue weighted by molar-refractivity contribution is 4.73. The molecule has 1 aliphatic carbocycles. The summed E-state index contributed by atoms with van der Waals surface area (Å²) in [4.78, 5) is 5.10. The van der Waals surface area contributed by atoms with Gasteiger partial charge in [0.1, 0.15) is 0 Å². The fraction of sp³-hybridized carbons (Fsp3) is 1.00. The second kappa shape index (κ2) is 8.13. The highest BCUT2D eigenvalue weighted by atomic mass is 15.2. The third-order valence-corrected chi connectivity index (χ3v) is 4.50. The molecule has 0 unspecified atom stereocenters. The first-order valence-corrected chi connectivity index (χ1v) is 7.99. The van der Waals surface area contributed by atoms with Crippen molar-refractivity contribution in [1.82, 2.24) is 15.1 Å². The second-order valence-electron chi connectivity index (χ2n) is 6.14. The Bertz CT molecular complexity index is 208. The van der Waals surface area contributed by atoms with E-state index >= 15 is 0 Å². The van der Waals surface area contributed by atoms with Crippen LogP contribution in [-0.4, -0.2) is 62.2 Å². The van der Waals surface area contributed by atoms with Crippen molar-refractivity contribution >= 4 is 0 Å². The van der Waals surface area contributed by atoms with Gasteiger partial charge in [0.15, 0.2) is 0 Å². The molecule has 1 N–H and O–H groups in total. The Kier molecular flexibility index (Phi) is 6.46. The highest BCUT2D eigenvalue weighted by Gasteiger charge is 2.14. The number of likely N-dealkylation sites (tertiary alicyclic amines) is 1. The van der Waals surface area contributed by atoms with Crippen molar-refractivity contribution in [1.29, 1.82) is 0 Å². The molecule has 0 bridgehead atoms. The van der Waals surface area contributed by atoms with Gasteiger partial charge >= 0.3 is 0 Å². The zero-order valence-corrected chi connectivity index (χ0v) is 12.2. The maximum atomic E-state index is 3.70. The van der Waals surface area contributed by atoms with Crippen LogP contribution in [0.15, 0.2) is 0 Å². The molecule has 1 saturated heterocycles. The smallest absolute Gasteiger partial charge is 0.0109 e. The van der Waals surface area contributed by atoms with Gasteiger partial charge in [0, 0.05) is 19.1 Å². The van der Waals surface area contributed by atoms with Crippen molar-refractivity contribution in [2.24, 2.45) is 0 Å². The Labute approximate surface area is 113 Å². The van der Waals surface area contributed by atoms with Gasteiger partial charge in [-0.2, -0.15) is 0 Å². The predicted molar refractivity (Wildman–Crippen MR) is 78.0 cm³/mol. The van der Waals surface area contributed by atoms with Gasteiger partial charge in [-0.3, -0.25) is 0 Å². The number of likely N-dealkylation sites (N-methyl/N-ethyl adjacent to an activating group) is 1. The Morgan fingerprint density at radius 2 is 1.78 bits per heavy atom. The minimum absolute atomic E-state index is 0.833. The zero-order valence-electron chi connectivity index (χ0n) is 12.2. The number of rotatable bonds is 8. The summed E-state index contributed by atoms with van der Waals surface area (Å²) in [5.41, 5.74) is 0. The molecule has 2 aliphatic rings. The summed E-state index contributed by atoms with van der Waals surface area (Å²) in [6.45, 7) is 7.62. The van der Waals surface area contributed by atoms with Crippen molar-refractivity contribution in [2.75, 3.05) is 46.3 Å². The zero-order chi connectivity index (χ0) is 12.6. The number of nitrogens with zero attached hydrogens (tertiary/aromatic N) is 2. The largest absolute Gasteiger partial charge is 0.314 e. The summed E-state index contributed by atoms with van der Waals surface area (Å²) in [7, 11) is 2.27. The van der Waals surface area contributed by atoms with Crippen molar-refractivity contribution in [2.45, 2.75) is 51.0 Å². The molecule has 0 spiro atoms. The lowest BCUT2D eigenvalue weighted by atomic mass is 10.2. The third-order valence-electron chi connectivity index (χ3n) is 4.50. The molecule has 3 nitrogen and oxygen atoms in total. The van der Waals surface area contributed by atoms with E-state index in [-0.39, 0.29) is 0 Å². The molecule has 0 aromatic rings. The lowest BCUT2D eigenvalue weighted by molar-refractivity contribution is 0.254. The molecule has 0 amide bonds. The van der Waals surface area contributed by atoms with E-state index < -0.39 is 0 Å². The minimum Gasteiger partial charge on any atom is -0.314 e. The Hall–Kier alpha value is -0.120. The molecule has 0 atom stereocenters. The Morgan fingerprint density at radius 1 is 1.06 bits per heavy atom. The molecule has 18 heavy (non-hydrogen) atoms. The third kappa shape index (κ3) is 5.25. The second-order valence-corrected chi connectivity index (χ2v) is 6.14. The quantitative estimate of drug-likeness (QED) is 0.667. The van der Waals surface area contributed by atoms with Crippen molar-refractivity contribution < 1.29 is 0 Å². The van der Waals surface area contributed by atoms with Crippen molar-refractivity contribution in [3.05, 3.63) is 0 Å².